The Kier molecular flexibility index (Phi) is 6.04. The summed E-state index contributed by atoms with van der Waals surface area (Å²) in [7, 11) is 0. The van der Waals surface area contributed by atoms with Gasteiger partial charge in [-0.1, -0.05) is 37.6 Å². The van der Waals surface area contributed by atoms with Gasteiger partial charge < -0.3 is 14.6 Å². The van der Waals surface area contributed by atoms with Gasteiger partial charge in [0, 0.05) is 5.02 Å². The minimum absolute atomic E-state index is 0.0705. The number of carbonyl (C=O) groups is 2. The molecule has 0 radical (unpaired) electrons. The standard InChI is InChI=1S/C19H19ClO5/c1-11(2)14-6-4-12(3)8-17(14)24-10-18(21)25-16-7-5-13(20)9-15(16)19(22)23/h4-9,11H,10H2,1-3H3,(H,22,23). The van der Waals surface area contributed by atoms with Crippen molar-refractivity contribution in [3.63, 3.8) is 0 Å². The number of carboxylic acid groups (broad SMARTS) is 1. The van der Waals surface area contributed by atoms with Crippen LogP contribution in [0.1, 0.15) is 41.3 Å². The van der Waals surface area contributed by atoms with Crippen molar-refractivity contribution in [1.29, 1.82) is 0 Å². The lowest BCUT2D eigenvalue weighted by Crippen LogP contribution is -2.19. The van der Waals surface area contributed by atoms with Crippen LogP contribution in [0, 0.1) is 6.92 Å². The predicted molar refractivity (Wildman–Crippen MR) is 94.8 cm³/mol. The highest BCUT2D eigenvalue weighted by atomic mass is 35.5. The highest BCUT2D eigenvalue weighted by Gasteiger charge is 2.16. The van der Waals surface area contributed by atoms with Crippen molar-refractivity contribution in [2.24, 2.45) is 0 Å². The first-order chi connectivity index (χ1) is 11.8. The topological polar surface area (TPSA) is 72.8 Å². The number of aryl methyl sites for hydroxylation is 1. The first-order valence-electron chi connectivity index (χ1n) is 7.74. The second-order valence-electron chi connectivity index (χ2n) is 5.90. The summed E-state index contributed by atoms with van der Waals surface area (Å²) in [6.07, 6.45) is 0. The largest absolute Gasteiger partial charge is 0.482 e. The molecule has 0 atom stereocenters. The molecule has 0 aliphatic heterocycles. The second-order valence-corrected chi connectivity index (χ2v) is 6.34. The summed E-state index contributed by atoms with van der Waals surface area (Å²) in [6, 6.07) is 9.82. The highest BCUT2D eigenvalue weighted by molar-refractivity contribution is 6.31. The van der Waals surface area contributed by atoms with Crippen molar-refractivity contribution in [3.05, 3.63) is 58.1 Å². The minimum Gasteiger partial charge on any atom is -0.482 e. The first kappa shape index (κ1) is 18.8. The average Bonchev–Trinajstić information content (AvgIpc) is 2.54. The van der Waals surface area contributed by atoms with E-state index in [-0.39, 0.29) is 28.9 Å². The van der Waals surface area contributed by atoms with Gasteiger partial charge in [0.2, 0.25) is 0 Å². The van der Waals surface area contributed by atoms with Crippen LogP contribution in [0.4, 0.5) is 0 Å². The number of aromatic carboxylic acids is 1. The van der Waals surface area contributed by atoms with E-state index < -0.39 is 11.9 Å². The lowest BCUT2D eigenvalue weighted by Gasteiger charge is -2.14. The van der Waals surface area contributed by atoms with E-state index in [1.807, 2.05) is 39.0 Å². The summed E-state index contributed by atoms with van der Waals surface area (Å²) >= 11 is 5.77. The maximum absolute atomic E-state index is 12.0. The molecule has 0 aromatic heterocycles. The van der Waals surface area contributed by atoms with Gasteiger partial charge in [0.25, 0.3) is 0 Å². The monoisotopic (exact) mass is 362 g/mol. The highest BCUT2D eigenvalue weighted by Crippen LogP contribution is 2.28. The summed E-state index contributed by atoms with van der Waals surface area (Å²) < 4.78 is 10.7. The van der Waals surface area contributed by atoms with Crippen LogP contribution in [0.5, 0.6) is 11.5 Å². The molecule has 0 bridgehead atoms. The Morgan fingerprint density at radius 1 is 1.12 bits per heavy atom. The van der Waals surface area contributed by atoms with Crippen LogP contribution in [0.3, 0.4) is 0 Å². The molecule has 1 N–H and O–H groups in total. The molecule has 0 aliphatic carbocycles. The van der Waals surface area contributed by atoms with Gasteiger partial charge in [0.15, 0.2) is 6.61 Å². The number of halogens is 1. The van der Waals surface area contributed by atoms with E-state index >= 15 is 0 Å². The van der Waals surface area contributed by atoms with E-state index in [1.165, 1.54) is 18.2 Å². The Balaban J connectivity index is 2.10. The third-order valence-electron chi connectivity index (χ3n) is 3.53. The van der Waals surface area contributed by atoms with E-state index in [9.17, 15) is 9.59 Å². The van der Waals surface area contributed by atoms with Gasteiger partial charge >= 0.3 is 11.9 Å². The van der Waals surface area contributed by atoms with Crippen LogP contribution in [-0.4, -0.2) is 23.7 Å². The first-order valence-corrected chi connectivity index (χ1v) is 8.12. The fourth-order valence-electron chi connectivity index (χ4n) is 2.29. The van der Waals surface area contributed by atoms with Crippen molar-refractivity contribution in [3.8, 4) is 11.5 Å². The van der Waals surface area contributed by atoms with Crippen molar-refractivity contribution < 1.29 is 24.2 Å². The third kappa shape index (κ3) is 4.97. The molecular formula is C19H19ClO5. The second kappa shape index (κ2) is 8.03. The van der Waals surface area contributed by atoms with Crippen molar-refractivity contribution in [2.45, 2.75) is 26.7 Å². The van der Waals surface area contributed by atoms with Gasteiger partial charge in [-0.2, -0.15) is 0 Å². The molecule has 0 saturated carbocycles. The van der Waals surface area contributed by atoms with Crippen LogP contribution in [0.25, 0.3) is 0 Å². The summed E-state index contributed by atoms with van der Waals surface area (Å²) in [4.78, 5) is 23.2. The molecular weight excluding hydrogens is 344 g/mol. The molecule has 0 amide bonds. The van der Waals surface area contributed by atoms with E-state index in [4.69, 9.17) is 26.2 Å². The van der Waals surface area contributed by atoms with Crippen molar-refractivity contribution >= 4 is 23.5 Å². The molecule has 2 aromatic rings. The minimum atomic E-state index is -1.23. The van der Waals surface area contributed by atoms with Gasteiger partial charge in [0.1, 0.15) is 17.1 Å². The number of esters is 1. The molecule has 6 heteroatoms. The molecule has 0 unspecified atom stereocenters. The molecule has 0 aliphatic rings. The summed E-state index contributed by atoms with van der Waals surface area (Å²) in [5, 5.41) is 9.40. The molecule has 132 valence electrons. The zero-order chi connectivity index (χ0) is 18.6. The van der Waals surface area contributed by atoms with Crippen LogP contribution < -0.4 is 9.47 Å². The average molecular weight is 363 g/mol. The Morgan fingerprint density at radius 2 is 1.84 bits per heavy atom. The van der Waals surface area contributed by atoms with Crippen LogP contribution in [0.2, 0.25) is 5.02 Å². The Hall–Kier alpha value is -2.53. The maximum atomic E-state index is 12.0. The van der Waals surface area contributed by atoms with Gasteiger partial charge in [-0.05, 0) is 48.2 Å². The van der Waals surface area contributed by atoms with E-state index in [0.29, 0.717) is 5.75 Å². The van der Waals surface area contributed by atoms with Crippen molar-refractivity contribution in [1.82, 2.24) is 0 Å². The van der Waals surface area contributed by atoms with Gasteiger partial charge in [-0.15, -0.1) is 0 Å². The number of benzene rings is 2. The fourth-order valence-corrected chi connectivity index (χ4v) is 2.46. The lowest BCUT2D eigenvalue weighted by molar-refractivity contribution is -0.136. The quantitative estimate of drug-likeness (QED) is 0.607. The SMILES string of the molecule is Cc1ccc(C(C)C)c(OCC(=O)Oc2ccc(Cl)cc2C(=O)O)c1. The molecule has 25 heavy (non-hydrogen) atoms. The number of carbonyl (C=O) groups excluding carboxylic acids is 1. The molecule has 0 fully saturated rings. The Bertz CT molecular complexity index is 798. The number of ether oxygens (including phenoxy) is 2. The molecule has 2 rings (SSSR count). The lowest BCUT2D eigenvalue weighted by atomic mass is 10.0. The van der Waals surface area contributed by atoms with Crippen molar-refractivity contribution in [2.75, 3.05) is 6.61 Å². The van der Waals surface area contributed by atoms with Crippen LogP contribution in [0.15, 0.2) is 36.4 Å². The zero-order valence-corrected chi connectivity index (χ0v) is 15.0. The zero-order valence-electron chi connectivity index (χ0n) is 14.2. The normalized spacial score (nSPS) is 10.6. The molecule has 0 saturated heterocycles. The van der Waals surface area contributed by atoms with E-state index in [0.717, 1.165) is 11.1 Å². The summed E-state index contributed by atoms with van der Waals surface area (Å²) in [5.74, 6) is -1.14. The smallest absolute Gasteiger partial charge is 0.349 e. The molecule has 0 heterocycles. The van der Waals surface area contributed by atoms with Gasteiger partial charge in [0.05, 0.1) is 0 Å². The number of hydrogen-bond donors (Lipinski definition) is 1. The number of rotatable bonds is 6. The number of carboxylic acids is 1. The van der Waals surface area contributed by atoms with E-state index in [1.54, 1.807) is 0 Å². The van der Waals surface area contributed by atoms with Gasteiger partial charge in [-0.25, -0.2) is 9.59 Å². The molecule has 2 aromatic carbocycles. The summed E-state index contributed by atoms with van der Waals surface area (Å²) in [6.45, 7) is 5.67. The van der Waals surface area contributed by atoms with Crippen LogP contribution >= 0.6 is 11.6 Å². The molecule has 5 nitrogen and oxygen atoms in total. The fraction of sp³-hybridized carbons (Fsp3) is 0.263. The van der Waals surface area contributed by atoms with Gasteiger partial charge in [-0.3, -0.25) is 0 Å². The Morgan fingerprint density at radius 3 is 2.48 bits per heavy atom. The van der Waals surface area contributed by atoms with Crippen LogP contribution in [-0.2, 0) is 4.79 Å². The van der Waals surface area contributed by atoms with E-state index in [2.05, 4.69) is 0 Å². The summed E-state index contributed by atoms with van der Waals surface area (Å²) in [5.41, 5.74) is 1.81. The molecule has 0 spiro atoms. The maximum Gasteiger partial charge on any atom is 0.349 e. The predicted octanol–water partition coefficient (Wildman–Crippen LogP) is 4.45. The number of hydrogen-bond acceptors (Lipinski definition) is 4. The third-order valence-corrected chi connectivity index (χ3v) is 3.77. The Labute approximate surface area is 151 Å².